The molecule has 2 aliphatic heterocycles. The monoisotopic (exact) mass is 314 g/mol. The Labute approximate surface area is 118 Å². The molecule has 0 aromatic carbocycles. The lowest BCUT2D eigenvalue weighted by Gasteiger charge is -2.28. The number of hydrogen-bond donors (Lipinski definition) is 0. The van der Waals surface area contributed by atoms with Crippen molar-refractivity contribution in [2.24, 2.45) is 0 Å². The summed E-state index contributed by atoms with van der Waals surface area (Å²) >= 11 is 2.23. The van der Waals surface area contributed by atoms with E-state index in [1.807, 2.05) is 0 Å². The topological polar surface area (TPSA) is 40.1 Å². The fourth-order valence-corrected chi connectivity index (χ4v) is 6.93. The Morgan fingerprint density at radius 2 is 1.95 bits per heavy atom. The predicted octanol–water partition coefficient (Wildman–Crippen LogP) is 2.11. The lowest BCUT2D eigenvalue weighted by atomic mass is 10.1. The molecule has 0 saturated carbocycles. The van der Waals surface area contributed by atoms with Crippen molar-refractivity contribution in [3.8, 4) is 0 Å². The number of halogens is 3. The number of carbonyl (C=O) groups is 1. The van der Waals surface area contributed by atoms with Gasteiger partial charge >= 0.3 is 6.18 Å². The van der Waals surface area contributed by atoms with Gasteiger partial charge in [-0.25, -0.2) is 0 Å². The van der Waals surface area contributed by atoms with Crippen LogP contribution in [0.15, 0.2) is 11.1 Å². The Balaban J connectivity index is 0.000000224. The van der Waals surface area contributed by atoms with Crippen molar-refractivity contribution in [1.82, 2.24) is 0 Å². The minimum Gasteiger partial charge on any atom is -0.542 e. The van der Waals surface area contributed by atoms with E-state index in [0.29, 0.717) is 0 Å². The highest BCUT2D eigenvalue weighted by Crippen LogP contribution is 2.37. The number of fused-ring (bicyclic) bond motifs is 1. The molecule has 110 valence electrons. The number of carboxylic acid groups (broad SMARTS) is 1. The third-order valence-corrected chi connectivity index (χ3v) is 7.88. The smallest absolute Gasteiger partial charge is 0.430 e. The molecule has 2 aliphatic rings. The van der Waals surface area contributed by atoms with E-state index in [4.69, 9.17) is 9.90 Å². The van der Waals surface area contributed by atoms with Crippen LogP contribution in [0.5, 0.6) is 0 Å². The Morgan fingerprint density at radius 1 is 1.37 bits per heavy atom. The highest BCUT2D eigenvalue weighted by atomic mass is 32.2. The average molecular weight is 314 g/mol. The lowest BCUT2D eigenvalue weighted by molar-refractivity contribution is -0.344. The Morgan fingerprint density at radius 3 is 2.47 bits per heavy atom. The van der Waals surface area contributed by atoms with Crippen LogP contribution >= 0.6 is 11.8 Å². The van der Waals surface area contributed by atoms with E-state index in [1.54, 1.807) is 11.1 Å². The first kappa shape index (κ1) is 16.8. The summed E-state index contributed by atoms with van der Waals surface area (Å²) in [6.45, 7) is 4.66. The zero-order chi connectivity index (χ0) is 14.6. The number of thioether (sulfide) groups is 1. The average Bonchev–Trinajstić information content (AvgIpc) is 2.30. The van der Waals surface area contributed by atoms with Gasteiger partial charge in [-0.05, 0) is 19.4 Å². The standard InChI is InChI=1S/C10H17S2.C2HF3O2/c1-8-6-10-11-4-3-5-12(10)7-9(8)2;3-2(4,5)1(6)7/h10H,3-7H2,1-2H3;(H,6,7)/q+1;/p-1. The van der Waals surface area contributed by atoms with Crippen LogP contribution in [-0.4, -0.2) is 34.0 Å². The van der Waals surface area contributed by atoms with Crippen LogP contribution in [0.1, 0.15) is 26.7 Å². The molecule has 0 aromatic rings. The molecule has 2 atom stereocenters. The number of aliphatic carboxylic acids is 1. The lowest BCUT2D eigenvalue weighted by Crippen LogP contribution is -2.37. The van der Waals surface area contributed by atoms with E-state index in [1.165, 1.54) is 30.1 Å². The summed E-state index contributed by atoms with van der Waals surface area (Å²) in [5.74, 6) is 1.35. The molecule has 1 saturated heterocycles. The van der Waals surface area contributed by atoms with Crippen molar-refractivity contribution in [2.45, 2.75) is 37.4 Å². The van der Waals surface area contributed by atoms with Gasteiger partial charge in [0.2, 0.25) is 0 Å². The van der Waals surface area contributed by atoms with E-state index in [9.17, 15) is 13.2 Å². The van der Waals surface area contributed by atoms with Crippen molar-refractivity contribution in [3.63, 3.8) is 0 Å². The van der Waals surface area contributed by atoms with Gasteiger partial charge in [0.15, 0.2) is 4.58 Å². The van der Waals surface area contributed by atoms with Gasteiger partial charge in [0, 0.05) is 29.5 Å². The van der Waals surface area contributed by atoms with Gasteiger partial charge in [-0.3, -0.25) is 0 Å². The van der Waals surface area contributed by atoms with E-state index >= 15 is 0 Å². The van der Waals surface area contributed by atoms with E-state index in [-0.39, 0.29) is 0 Å². The van der Waals surface area contributed by atoms with Crippen LogP contribution in [0.3, 0.4) is 0 Å². The first-order valence-corrected chi connectivity index (χ1v) is 8.60. The molecule has 0 aromatic heterocycles. The van der Waals surface area contributed by atoms with Gasteiger partial charge in [-0.1, -0.05) is 5.57 Å². The number of carboxylic acids is 1. The van der Waals surface area contributed by atoms with Gasteiger partial charge in [-0.2, -0.15) is 13.2 Å². The Hall–Kier alpha value is -0.300. The molecule has 1 fully saturated rings. The summed E-state index contributed by atoms with van der Waals surface area (Å²) in [5.41, 5.74) is 3.37. The van der Waals surface area contributed by atoms with Crippen molar-refractivity contribution in [1.29, 1.82) is 0 Å². The van der Waals surface area contributed by atoms with Crippen LogP contribution in [0.4, 0.5) is 13.2 Å². The molecule has 0 N–H and O–H groups in total. The first-order valence-electron chi connectivity index (χ1n) is 5.93. The molecule has 0 radical (unpaired) electrons. The van der Waals surface area contributed by atoms with Gasteiger partial charge in [0.25, 0.3) is 0 Å². The molecule has 0 amide bonds. The summed E-state index contributed by atoms with van der Waals surface area (Å²) < 4.78 is 32.6. The van der Waals surface area contributed by atoms with Crippen LogP contribution in [0.25, 0.3) is 0 Å². The highest BCUT2D eigenvalue weighted by Gasteiger charge is 2.37. The fourth-order valence-electron chi connectivity index (χ4n) is 1.85. The van der Waals surface area contributed by atoms with Gasteiger partial charge < -0.3 is 9.90 Å². The van der Waals surface area contributed by atoms with Gasteiger partial charge in [-0.15, -0.1) is 11.8 Å². The molecule has 7 heteroatoms. The Bertz CT molecular complexity index is 344. The summed E-state index contributed by atoms with van der Waals surface area (Å²) in [5, 5.41) is 8.78. The van der Waals surface area contributed by atoms with Crippen molar-refractivity contribution in [2.75, 3.05) is 17.3 Å². The minimum atomic E-state index is -5.19. The maximum absolute atomic E-state index is 10.5. The number of alkyl halides is 3. The van der Waals surface area contributed by atoms with Crippen molar-refractivity contribution < 1.29 is 23.1 Å². The predicted molar refractivity (Wildman–Crippen MR) is 72.0 cm³/mol. The fraction of sp³-hybridized carbons (Fsp3) is 0.750. The molecule has 0 bridgehead atoms. The molecule has 2 rings (SSSR count). The largest absolute Gasteiger partial charge is 0.542 e. The summed E-state index contributed by atoms with van der Waals surface area (Å²) in [6.07, 6.45) is -2.34. The quantitative estimate of drug-likeness (QED) is 0.508. The first-order chi connectivity index (χ1) is 8.71. The second-order valence-corrected chi connectivity index (χ2v) is 8.54. The third-order valence-electron chi connectivity index (χ3n) is 3.06. The number of allylic oxidation sites excluding steroid dienone is 1. The maximum atomic E-state index is 10.5. The molecular formula is C12H17F3O2S2. The van der Waals surface area contributed by atoms with Crippen molar-refractivity contribution in [3.05, 3.63) is 11.1 Å². The van der Waals surface area contributed by atoms with Gasteiger partial charge in [0.05, 0.1) is 0 Å². The maximum Gasteiger partial charge on any atom is 0.430 e. The van der Waals surface area contributed by atoms with E-state index in [0.717, 1.165) is 15.5 Å². The summed E-state index contributed by atoms with van der Waals surface area (Å²) in [6, 6.07) is 0. The third kappa shape index (κ3) is 5.30. The molecular weight excluding hydrogens is 297 g/mol. The normalized spacial score (nSPS) is 27.2. The second kappa shape index (κ2) is 6.92. The molecule has 2 nitrogen and oxygen atoms in total. The molecule has 19 heavy (non-hydrogen) atoms. The SMILES string of the molecule is CC1=C(C)C[S+]2CCCSC2C1.O=C([O-])C(F)(F)F. The van der Waals surface area contributed by atoms with Crippen molar-refractivity contribution >= 4 is 28.6 Å². The Kier molecular flexibility index (Phi) is 6.11. The molecule has 2 unspecified atom stereocenters. The minimum absolute atomic E-state index is 0.752. The zero-order valence-corrected chi connectivity index (χ0v) is 12.5. The van der Waals surface area contributed by atoms with E-state index in [2.05, 4.69) is 25.6 Å². The number of rotatable bonds is 0. The molecule has 0 aliphatic carbocycles. The molecule has 0 spiro atoms. The number of carbonyl (C=O) groups excluding carboxylic acids is 1. The zero-order valence-electron chi connectivity index (χ0n) is 10.9. The highest BCUT2D eigenvalue weighted by molar-refractivity contribution is 8.16. The molecule has 2 heterocycles. The van der Waals surface area contributed by atoms with Crippen LogP contribution in [-0.2, 0) is 15.7 Å². The summed E-state index contributed by atoms with van der Waals surface area (Å²) in [4.78, 5) is 8.78. The van der Waals surface area contributed by atoms with Crippen LogP contribution in [0, 0.1) is 0 Å². The van der Waals surface area contributed by atoms with Gasteiger partial charge in [0.1, 0.15) is 17.5 Å². The second-order valence-electron chi connectivity index (χ2n) is 4.59. The van der Waals surface area contributed by atoms with Crippen LogP contribution in [0.2, 0.25) is 0 Å². The van der Waals surface area contributed by atoms with Crippen LogP contribution < -0.4 is 5.11 Å². The summed E-state index contributed by atoms with van der Waals surface area (Å²) in [7, 11) is 0.752. The van der Waals surface area contributed by atoms with E-state index < -0.39 is 12.1 Å². The number of hydrogen-bond acceptors (Lipinski definition) is 3.